The van der Waals surface area contributed by atoms with Gasteiger partial charge in [0.1, 0.15) is 0 Å². The van der Waals surface area contributed by atoms with Gasteiger partial charge in [0.05, 0.1) is 22.7 Å². The maximum Gasteiger partial charge on any atom is 0.473 e. The Hall–Kier alpha value is -1.80. The van der Waals surface area contributed by atoms with Gasteiger partial charge in [-0.25, -0.2) is 4.57 Å². The maximum atomic E-state index is 12.2. The molecule has 0 aromatic heterocycles. The summed E-state index contributed by atoms with van der Waals surface area (Å²) in [7, 11) is -4.39. The van der Waals surface area contributed by atoms with Gasteiger partial charge in [0.15, 0.2) is 0 Å². The van der Waals surface area contributed by atoms with Crippen LogP contribution in [0.3, 0.4) is 0 Å². The average molecular weight is 458 g/mol. The molecule has 0 aliphatic heterocycles. The van der Waals surface area contributed by atoms with E-state index in [1.165, 1.54) is 19.1 Å². The number of carbonyl (C=O) groups excluding carboxylic acids is 1. The number of hydrogen-bond acceptors (Lipinski definition) is 6. The zero-order chi connectivity index (χ0) is 23.6. The van der Waals surface area contributed by atoms with Crippen molar-refractivity contribution in [1.29, 1.82) is 0 Å². The Morgan fingerprint density at radius 3 is 2.45 bits per heavy atom. The lowest BCUT2D eigenvalue weighted by molar-refractivity contribution is -0.386. The fourth-order valence-electron chi connectivity index (χ4n) is 3.34. The third-order valence-corrected chi connectivity index (χ3v) is 6.18. The van der Waals surface area contributed by atoms with Crippen LogP contribution < -0.4 is 5.32 Å². The van der Waals surface area contributed by atoms with Crippen LogP contribution in [-0.4, -0.2) is 21.8 Å². The van der Waals surface area contributed by atoms with Crippen molar-refractivity contribution in [3.63, 3.8) is 0 Å². The number of hydrogen-bond donors (Lipinski definition) is 2. The summed E-state index contributed by atoms with van der Waals surface area (Å²) in [6.07, 6.45) is 2.87. The predicted octanol–water partition coefficient (Wildman–Crippen LogP) is 5.42. The number of amides is 1. The minimum atomic E-state index is -4.39. The predicted molar refractivity (Wildman–Crippen MR) is 118 cm³/mol. The fourth-order valence-corrected chi connectivity index (χ4v) is 4.43. The molecule has 0 saturated heterocycles. The fraction of sp³-hybridized carbons (Fsp3) is 0.667. The summed E-state index contributed by atoms with van der Waals surface area (Å²) in [5, 5.41) is 14.2. The minimum Gasteiger partial charge on any atom is -0.352 e. The first-order valence-corrected chi connectivity index (χ1v) is 12.2. The molecule has 3 atom stereocenters. The number of phosphoric acid groups is 1. The van der Waals surface area contributed by atoms with Crippen molar-refractivity contribution >= 4 is 19.4 Å². The highest BCUT2D eigenvalue weighted by atomic mass is 31.2. The van der Waals surface area contributed by atoms with E-state index < -0.39 is 25.0 Å². The van der Waals surface area contributed by atoms with E-state index >= 15 is 0 Å². The number of nitrogens with one attached hydrogen (secondary N) is 1. The summed E-state index contributed by atoms with van der Waals surface area (Å²) >= 11 is 0. The van der Waals surface area contributed by atoms with Crippen molar-refractivity contribution in [3.05, 3.63) is 39.4 Å². The molecule has 176 valence electrons. The van der Waals surface area contributed by atoms with E-state index in [2.05, 4.69) is 19.2 Å². The lowest BCUT2D eigenvalue weighted by Gasteiger charge is -2.20. The number of nitro groups is 1. The Kier molecular flexibility index (Phi) is 11.3. The Morgan fingerprint density at radius 1 is 1.23 bits per heavy atom. The molecule has 0 fully saturated rings. The first-order valence-electron chi connectivity index (χ1n) is 10.7. The van der Waals surface area contributed by atoms with Crippen molar-refractivity contribution in [2.75, 3.05) is 0 Å². The molecule has 31 heavy (non-hydrogen) atoms. The van der Waals surface area contributed by atoms with Crippen LogP contribution in [0.25, 0.3) is 0 Å². The third-order valence-electron chi connectivity index (χ3n) is 4.91. The molecule has 0 radical (unpaired) electrons. The smallest absolute Gasteiger partial charge is 0.352 e. The lowest BCUT2D eigenvalue weighted by atomic mass is 9.95. The van der Waals surface area contributed by atoms with Gasteiger partial charge in [0.25, 0.3) is 5.69 Å². The molecule has 0 aliphatic rings. The minimum absolute atomic E-state index is 0.0797. The van der Waals surface area contributed by atoms with E-state index in [4.69, 9.17) is 9.05 Å². The van der Waals surface area contributed by atoms with Crippen molar-refractivity contribution in [3.8, 4) is 0 Å². The van der Waals surface area contributed by atoms with Gasteiger partial charge in [-0.3, -0.25) is 24.0 Å². The second kappa shape index (κ2) is 12.9. The van der Waals surface area contributed by atoms with Crippen LogP contribution in [-0.2, 0) is 25.0 Å². The van der Waals surface area contributed by atoms with Gasteiger partial charge in [-0.2, -0.15) is 0 Å². The Balaban J connectivity index is 2.85. The van der Waals surface area contributed by atoms with Crippen LogP contribution in [0, 0.1) is 16.0 Å². The second-order valence-electron chi connectivity index (χ2n) is 7.90. The lowest BCUT2D eigenvalue weighted by Crippen LogP contribution is -2.23. The van der Waals surface area contributed by atoms with Gasteiger partial charge >= 0.3 is 7.82 Å². The van der Waals surface area contributed by atoms with Gasteiger partial charge in [-0.05, 0) is 44.7 Å². The standard InChI is InChI=1S/C21H35N2O7P/c1-6-8-17(7-2)10-12-21(24)22-14-18-9-11-20(23(25)26)19(13-18)16(5)30-31(27,28)29-15(3)4/h9,11,13,15-17H,6-8,10,12,14H2,1-5H3,(H,22,24)(H,27,28). The molecule has 3 unspecified atom stereocenters. The quantitative estimate of drug-likeness (QED) is 0.216. The number of carbonyl (C=O) groups is 1. The number of benzene rings is 1. The SMILES string of the molecule is CCCC(CC)CCC(=O)NCc1ccc([N+](=O)[O-])c(C(C)OP(=O)(O)OC(C)C)c1. The molecule has 1 aromatic rings. The maximum absolute atomic E-state index is 12.2. The van der Waals surface area contributed by atoms with Crippen LogP contribution in [0.4, 0.5) is 5.69 Å². The zero-order valence-electron chi connectivity index (χ0n) is 19.0. The highest BCUT2D eigenvalue weighted by molar-refractivity contribution is 7.47. The summed E-state index contributed by atoms with van der Waals surface area (Å²) in [6.45, 7) is 9.04. The monoisotopic (exact) mass is 458 g/mol. The summed E-state index contributed by atoms with van der Waals surface area (Å²) < 4.78 is 22.0. The molecule has 0 aliphatic carbocycles. The summed E-state index contributed by atoms with van der Waals surface area (Å²) in [5.74, 6) is 0.450. The molecule has 10 heteroatoms. The second-order valence-corrected chi connectivity index (χ2v) is 9.26. The Bertz CT molecular complexity index is 785. The van der Waals surface area contributed by atoms with Gasteiger partial charge in [0.2, 0.25) is 5.91 Å². The first kappa shape index (κ1) is 27.2. The number of nitro benzene ring substituents is 1. The average Bonchev–Trinajstić information content (AvgIpc) is 2.67. The van der Waals surface area contributed by atoms with Crippen molar-refractivity contribution in [1.82, 2.24) is 5.32 Å². The summed E-state index contributed by atoms with van der Waals surface area (Å²) in [5.41, 5.74) is 0.521. The van der Waals surface area contributed by atoms with E-state index in [0.717, 1.165) is 25.7 Å². The van der Waals surface area contributed by atoms with Crippen LogP contribution >= 0.6 is 7.82 Å². The highest BCUT2D eigenvalue weighted by Crippen LogP contribution is 2.49. The van der Waals surface area contributed by atoms with Crippen molar-refractivity contribution < 1.29 is 28.2 Å². The van der Waals surface area contributed by atoms with Crippen molar-refractivity contribution in [2.24, 2.45) is 5.92 Å². The van der Waals surface area contributed by atoms with Crippen molar-refractivity contribution in [2.45, 2.75) is 85.5 Å². The number of phosphoric ester groups is 1. The van der Waals surface area contributed by atoms with E-state index in [0.29, 0.717) is 17.9 Å². The molecule has 1 amide bonds. The zero-order valence-corrected chi connectivity index (χ0v) is 19.9. The molecule has 9 nitrogen and oxygen atoms in total. The topological polar surface area (TPSA) is 128 Å². The summed E-state index contributed by atoms with van der Waals surface area (Å²) in [6, 6.07) is 4.35. The van der Waals surface area contributed by atoms with Crippen LogP contribution in [0.2, 0.25) is 0 Å². The van der Waals surface area contributed by atoms with E-state index in [-0.39, 0.29) is 23.7 Å². The Morgan fingerprint density at radius 2 is 1.90 bits per heavy atom. The van der Waals surface area contributed by atoms with Gasteiger partial charge in [-0.15, -0.1) is 0 Å². The first-order chi connectivity index (χ1) is 14.5. The van der Waals surface area contributed by atoms with E-state index in [1.807, 2.05) is 0 Å². The third kappa shape index (κ3) is 9.91. The molecule has 1 aromatic carbocycles. The molecule has 0 bridgehead atoms. The van der Waals surface area contributed by atoms with Gasteiger partial charge in [0, 0.05) is 19.0 Å². The highest BCUT2D eigenvalue weighted by Gasteiger charge is 2.30. The van der Waals surface area contributed by atoms with Gasteiger partial charge in [-0.1, -0.05) is 39.2 Å². The molecule has 2 N–H and O–H groups in total. The van der Waals surface area contributed by atoms with Crippen LogP contribution in [0.5, 0.6) is 0 Å². The Labute approximate surface area is 184 Å². The largest absolute Gasteiger partial charge is 0.473 e. The number of nitrogens with zero attached hydrogens (tertiary/aromatic N) is 1. The molecule has 0 heterocycles. The van der Waals surface area contributed by atoms with E-state index in [1.54, 1.807) is 19.9 Å². The normalized spacial score (nSPS) is 15.3. The van der Waals surface area contributed by atoms with E-state index in [9.17, 15) is 24.4 Å². The molecule has 0 spiro atoms. The van der Waals surface area contributed by atoms with Gasteiger partial charge < -0.3 is 10.2 Å². The molecular formula is C21H35N2O7P. The number of rotatable bonds is 14. The molecule has 0 saturated carbocycles. The molecular weight excluding hydrogens is 423 g/mol. The summed E-state index contributed by atoms with van der Waals surface area (Å²) in [4.78, 5) is 32.8. The van der Waals surface area contributed by atoms with Crippen LogP contribution in [0.15, 0.2) is 18.2 Å². The molecule has 1 rings (SSSR count). The van der Waals surface area contributed by atoms with Crippen LogP contribution in [0.1, 0.15) is 84.0 Å².